The highest BCUT2D eigenvalue weighted by atomic mass is 19.1. The van der Waals surface area contributed by atoms with Gasteiger partial charge in [0, 0.05) is 24.5 Å². The van der Waals surface area contributed by atoms with Crippen LogP contribution >= 0.6 is 0 Å². The number of nitrogens with one attached hydrogen (secondary N) is 1. The molecule has 2 rings (SSSR count). The van der Waals surface area contributed by atoms with Crippen molar-refractivity contribution in [1.82, 2.24) is 14.9 Å². The first kappa shape index (κ1) is 12.8. The number of hydrogen-bond donors (Lipinski definition) is 1. The molecule has 1 aromatic heterocycles. The van der Waals surface area contributed by atoms with E-state index in [0.717, 1.165) is 23.5 Å². The van der Waals surface area contributed by atoms with Gasteiger partial charge in [-0.25, -0.2) is 9.37 Å². The summed E-state index contributed by atoms with van der Waals surface area (Å²) < 4.78 is 15.2. The lowest BCUT2D eigenvalue weighted by molar-refractivity contribution is 0.582. The molecule has 0 fully saturated rings. The van der Waals surface area contributed by atoms with Gasteiger partial charge in [0.25, 0.3) is 0 Å². The van der Waals surface area contributed by atoms with Crippen molar-refractivity contribution in [1.29, 1.82) is 0 Å². The van der Waals surface area contributed by atoms with Gasteiger partial charge in [0.05, 0.1) is 12.0 Å². The van der Waals surface area contributed by atoms with Crippen molar-refractivity contribution in [2.24, 2.45) is 0 Å². The Hall–Kier alpha value is -1.68. The molecule has 0 aliphatic carbocycles. The van der Waals surface area contributed by atoms with Crippen molar-refractivity contribution in [2.75, 3.05) is 0 Å². The molecule has 0 saturated carbocycles. The number of hydrogen-bond acceptors (Lipinski definition) is 2. The first-order valence-electron chi connectivity index (χ1n) is 6.08. The number of aryl methyl sites for hydroxylation is 1. The predicted molar refractivity (Wildman–Crippen MR) is 70.2 cm³/mol. The largest absolute Gasteiger partial charge is 0.309 e. The molecule has 4 heteroatoms. The number of halogens is 1. The molecule has 3 nitrogen and oxygen atoms in total. The molecule has 0 aliphatic rings. The zero-order valence-corrected chi connectivity index (χ0v) is 10.9. The van der Waals surface area contributed by atoms with E-state index in [0.29, 0.717) is 6.04 Å². The summed E-state index contributed by atoms with van der Waals surface area (Å²) in [7, 11) is 0. The molecule has 2 aromatic rings. The Bertz CT molecular complexity index is 511. The molecular weight excluding hydrogens is 229 g/mol. The van der Waals surface area contributed by atoms with Gasteiger partial charge < -0.3 is 9.88 Å². The Morgan fingerprint density at radius 3 is 2.78 bits per heavy atom. The van der Waals surface area contributed by atoms with Crippen LogP contribution in [0.5, 0.6) is 0 Å². The highest BCUT2D eigenvalue weighted by Crippen LogP contribution is 2.13. The summed E-state index contributed by atoms with van der Waals surface area (Å²) in [4.78, 5) is 4.30. The molecule has 18 heavy (non-hydrogen) atoms. The molecule has 0 unspecified atom stereocenters. The van der Waals surface area contributed by atoms with Crippen LogP contribution in [-0.2, 0) is 6.54 Å². The number of imidazole rings is 1. The van der Waals surface area contributed by atoms with Gasteiger partial charge in [-0.05, 0) is 30.7 Å². The standard InChI is InChI=1S/C14H18FN3/c1-10(2)16-7-13-8-18(9-17-13)14-5-11(3)4-12(15)6-14/h4-6,8-10,16H,7H2,1-3H3. The summed E-state index contributed by atoms with van der Waals surface area (Å²) in [5.74, 6) is -0.222. The van der Waals surface area contributed by atoms with Gasteiger partial charge in [-0.2, -0.15) is 0 Å². The van der Waals surface area contributed by atoms with Crippen molar-refractivity contribution in [2.45, 2.75) is 33.4 Å². The lowest BCUT2D eigenvalue weighted by Gasteiger charge is -2.05. The van der Waals surface area contributed by atoms with E-state index in [4.69, 9.17) is 0 Å². The van der Waals surface area contributed by atoms with Crippen molar-refractivity contribution in [3.05, 3.63) is 47.8 Å². The average molecular weight is 247 g/mol. The van der Waals surface area contributed by atoms with E-state index < -0.39 is 0 Å². The second-order valence-electron chi connectivity index (χ2n) is 4.79. The Morgan fingerprint density at radius 2 is 2.11 bits per heavy atom. The molecule has 1 heterocycles. The van der Waals surface area contributed by atoms with E-state index in [1.807, 2.05) is 23.8 Å². The van der Waals surface area contributed by atoms with Gasteiger partial charge in [0.2, 0.25) is 0 Å². The van der Waals surface area contributed by atoms with Crippen LogP contribution in [0.4, 0.5) is 4.39 Å². The summed E-state index contributed by atoms with van der Waals surface area (Å²) in [6.07, 6.45) is 3.63. The van der Waals surface area contributed by atoms with Crippen LogP contribution in [0.15, 0.2) is 30.7 Å². The van der Waals surface area contributed by atoms with Crippen LogP contribution in [0.1, 0.15) is 25.1 Å². The Balaban J connectivity index is 2.18. The van der Waals surface area contributed by atoms with Gasteiger partial charge in [0.15, 0.2) is 0 Å². The summed E-state index contributed by atoms with van der Waals surface area (Å²) in [5, 5.41) is 3.30. The zero-order valence-electron chi connectivity index (χ0n) is 10.9. The molecule has 0 spiro atoms. The van der Waals surface area contributed by atoms with Gasteiger partial charge in [0.1, 0.15) is 5.82 Å². The second-order valence-corrected chi connectivity index (χ2v) is 4.79. The number of benzene rings is 1. The van der Waals surface area contributed by atoms with E-state index in [-0.39, 0.29) is 5.82 Å². The lowest BCUT2D eigenvalue weighted by atomic mass is 10.2. The second kappa shape index (κ2) is 5.31. The Labute approximate surface area is 107 Å². The fourth-order valence-electron chi connectivity index (χ4n) is 1.77. The molecular formula is C14H18FN3. The summed E-state index contributed by atoms with van der Waals surface area (Å²) in [6.45, 7) is 6.78. The molecule has 0 saturated heterocycles. The average Bonchev–Trinajstić information content (AvgIpc) is 2.73. The summed E-state index contributed by atoms with van der Waals surface area (Å²) in [6, 6.07) is 5.38. The maximum atomic E-state index is 13.3. The van der Waals surface area contributed by atoms with Crippen LogP contribution in [0.25, 0.3) is 5.69 Å². The predicted octanol–water partition coefficient (Wildman–Crippen LogP) is 2.82. The van der Waals surface area contributed by atoms with Crippen molar-refractivity contribution >= 4 is 0 Å². The van der Waals surface area contributed by atoms with Gasteiger partial charge in [-0.1, -0.05) is 13.8 Å². The van der Waals surface area contributed by atoms with Crippen LogP contribution in [-0.4, -0.2) is 15.6 Å². The van der Waals surface area contributed by atoms with Gasteiger partial charge in [-0.3, -0.25) is 0 Å². The third-order valence-electron chi connectivity index (χ3n) is 2.65. The molecule has 1 aromatic carbocycles. The van der Waals surface area contributed by atoms with E-state index in [1.54, 1.807) is 6.33 Å². The highest BCUT2D eigenvalue weighted by Gasteiger charge is 2.03. The van der Waals surface area contributed by atoms with Crippen molar-refractivity contribution in [3.63, 3.8) is 0 Å². The molecule has 0 radical (unpaired) electrons. The quantitative estimate of drug-likeness (QED) is 0.900. The summed E-state index contributed by atoms with van der Waals surface area (Å²) in [5.41, 5.74) is 2.65. The minimum absolute atomic E-state index is 0.222. The van der Waals surface area contributed by atoms with E-state index >= 15 is 0 Å². The number of aromatic nitrogens is 2. The van der Waals surface area contributed by atoms with E-state index in [9.17, 15) is 4.39 Å². The zero-order chi connectivity index (χ0) is 13.1. The fourth-order valence-corrected chi connectivity index (χ4v) is 1.77. The topological polar surface area (TPSA) is 29.9 Å². The monoisotopic (exact) mass is 247 g/mol. The molecule has 0 atom stereocenters. The van der Waals surface area contributed by atoms with E-state index in [1.165, 1.54) is 12.1 Å². The minimum atomic E-state index is -0.222. The molecule has 0 amide bonds. The first-order valence-corrected chi connectivity index (χ1v) is 6.08. The van der Waals surface area contributed by atoms with Crippen LogP contribution in [0.2, 0.25) is 0 Å². The lowest BCUT2D eigenvalue weighted by Crippen LogP contribution is -2.21. The molecule has 0 bridgehead atoms. The summed E-state index contributed by atoms with van der Waals surface area (Å²) >= 11 is 0. The van der Waals surface area contributed by atoms with Crippen molar-refractivity contribution in [3.8, 4) is 5.69 Å². The Morgan fingerprint density at radius 1 is 1.33 bits per heavy atom. The maximum absolute atomic E-state index is 13.3. The number of nitrogens with zero attached hydrogens (tertiary/aromatic N) is 2. The minimum Gasteiger partial charge on any atom is -0.309 e. The van der Waals surface area contributed by atoms with E-state index in [2.05, 4.69) is 24.1 Å². The smallest absolute Gasteiger partial charge is 0.125 e. The number of rotatable bonds is 4. The first-order chi connectivity index (χ1) is 8.54. The SMILES string of the molecule is Cc1cc(F)cc(-n2cnc(CNC(C)C)c2)c1. The van der Waals surface area contributed by atoms with Crippen LogP contribution in [0.3, 0.4) is 0 Å². The molecule has 0 aliphatic heterocycles. The third-order valence-corrected chi connectivity index (χ3v) is 2.65. The third kappa shape index (κ3) is 3.17. The normalized spacial score (nSPS) is 11.2. The molecule has 96 valence electrons. The maximum Gasteiger partial charge on any atom is 0.125 e. The van der Waals surface area contributed by atoms with Gasteiger partial charge >= 0.3 is 0 Å². The van der Waals surface area contributed by atoms with Crippen LogP contribution < -0.4 is 5.32 Å². The highest BCUT2D eigenvalue weighted by molar-refractivity contribution is 5.36. The molecule has 1 N–H and O–H groups in total. The fraction of sp³-hybridized carbons (Fsp3) is 0.357. The van der Waals surface area contributed by atoms with Crippen LogP contribution in [0, 0.1) is 12.7 Å². The van der Waals surface area contributed by atoms with Crippen molar-refractivity contribution < 1.29 is 4.39 Å². The Kier molecular flexibility index (Phi) is 3.77. The van der Waals surface area contributed by atoms with Gasteiger partial charge in [-0.15, -0.1) is 0 Å².